The highest BCUT2D eigenvalue weighted by atomic mass is 14.9. The van der Waals surface area contributed by atoms with Gasteiger partial charge in [0, 0.05) is 52.4 Å². The van der Waals surface area contributed by atoms with E-state index in [4.69, 9.17) is 0 Å². The molecule has 2 aromatic carbocycles. The van der Waals surface area contributed by atoms with Gasteiger partial charge in [0.05, 0.1) is 0 Å². The lowest BCUT2D eigenvalue weighted by atomic mass is 10.0. The van der Waals surface area contributed by atoms with E-state index in [2.05, 4.69) is 71.3 Å². The molecule has 0 saturated carbocycles. The molecule has 4 rings (SSSR count). The first-order chi connectivity index (χ1) is 9.74. The number of para-hydroxylation sites is 1. The maximum atomic E-state index is 3.43. The van der Waals surface area contributed by atoms with Gasteiger partial charge in [0.25, 0.3) is 0 Å². The summed E-state index contributed by atoms with van der Waals surface area (Å²) in [6.45, 7) is 2.05. The van der Waals surface area contributed by atoms with E-state index in [1.165, 1.54) is 27.4 Å². The van der Waals surface area contributed by atoms with Crippen LogP contribution in [0, 0.1) is 13.0 Å². The van der Waals surface area contributed by atoms with Crippen LogP contribution < -0.4 is 0 Å². The average Bonchev–Trinajstić information content (AvgIpc) is 2.99. The molecule has 2 nitrogen and oxygen atoms in total. The minimum Gasteiger partial charge on any atom is -0.358 e. The minimum absolute atomic E-state index is 1.08. The third kappa shape index (κ3) is 1.51. The maximum absolute atomic E-state index is 3.43. The number of aromatic amines is 1. The third-order valence-electron chi connectivity index (χ3n) is 3.89. The molecule has 2 heterocycles. The van der Waals surface area contributed by atoms with Crippen LogP contribution in [-0.2, 0) is 7.05 Å². The molecule has 0 spiro atoms. The number of nitrogens with one attached hydrogen (secondary N) is 1. The van der Waals surface area contributed by atoms with Crippen molar-refractivity contribution in [1.82, 2.24) is 9.55 Å². The van der Waals surface area contributed by atoms with Crippen molar-refractivity contribution in [2.45, 2.75) is 6.92 Å². The summed E-state index contributed by atoms with van der Waals surface area (Å²) >= 11 is 0. The molecule has 0 aliphatic rings. The largest absolute Gasteiger partial charge is 0.358 e. The topological polar surface area (TPSA) is 20.7 Å². The first kappa shape index (κ1) is 11.4. The SMILES string of the molecule is Cc1[c]c2c(-c3cn(C)c4ccccc34)cccc2[nH]1. The molecular formula is C18H15N2. The summed E-state index contributed by atoms with van der Waals surface area (Å²) in [6, 6.07) is 18.3. The van der Waals surface area contributed by atoms with Crippen molar-refractivity contribution < 1.29 is 0 Å². The minimum atomic E-state index is 1.08. The van der Waals surface area contributed by atoms with E-state index in [0.717, 1.165) is 11.2 Å². The van der Waals surface area contributed by atoms with Crippen LogP contribution in [0.5, 0.6) is 0 Å². The fraction of sp³-hybridized carbons (Fsp3) is 0.111. The summed E-state index contributed by atoms with van der Waals surface area (Å²) in [5.41, 5.74) is 5.99. The van der Waals surface area contributed by atoms with Crippen molar-refractivity contribution in [3.8, 4) is 11.1 Å². The molecule has 0 aliphatic carbocycles. The zero-order valence-corrected chi connectivity index (χ0v) is 11.6. The summed E-state index contributed by atoms with van der Waals surface area (Å²) in [6.07, 6.45) is 2.20. The Bertz CT molecular complexity index is 925. The average molecular weight is 259 g/mol. The molecule has 0 fully saturated rings. The van der Waals surface area contributed by atoms with Gasteiger partial charge < -0.3 is 9.55 Å². The molecule has 0 atom stereocenters. The van der Waals surface area contributed by atoms with Gasteiger partial charge in [0.2, 0.25) is 0 Å². The molecule has 97 valence electrons. The maximum Gasteiger partial charge on any atom is 0.0484 e. The summed E-state index contributed by atoms with van der Waals surface area (Å²) < 4.78 is 2.18. The molecule has 1 N–H and O–H groups in total. The molecule has 2 heteroatoms. The van der Waals surface area contributed by atoms with Gasteiger partial charge in [0.15, 0.2) is 0 Å². The number of hydrogen-bond donors (Lipinski definition) is 1. The van der Waals surface area contributed by atoms with E-state index in [1.807, 2.05) is 6.92 Å². The smallest absolute Gasteiger partial charge is 0.0484 e. The summed E-state index contributed by atoms with van der Waals surface area (Å²) in [7, 11) is 2.10. The van der Waals surface area contributed by atoms with Crippen molar-refractivity contribution in [3.05, 3.63) is 60.4 Å². The van der Waals surface area contributed by atoms with E-state index >= 15 is 0 Å². The molecule has 0 aliphatic heterocycles. The van der Waals surface area contributed by atoms with Crippen LogP contribution in [0.15, 0.2) is 48.7 Å². The highest BCUT2D eigenvalue weighted by molar-refractivity contribution is 6.04. The Labute approximate surface area is 117 Å². The van der Waals surface area contributed by atoms with Crippen LogP contribution in [0.4, 0.5) is 0 Å². The highest BCUT2D eigenvalue weighted by Gasteiger charge is 2.11. The van der Waals surface area contributed by atoms with Gasteiger partial charge >= 0.3 is 0 Å². The Hall–Kier alpha value is -2.48. The summed E-state index contributed by atoms with van der Waals surface area (Å²) in [5, 5.41) is 2.45. The number of rotatable bonds is 1. The number of benzene rings is 2. The second kappa shape index (κ2) is 4.01. The molecule has 0 bridgehead atoms. The fourth-order valence-electron chi connectivity index (χ4n) is 2.99. The van der Waals surface area contributed by atoms with Gasteiger partial charge in [-0.2, -0.15) is 0 Å². The molecule has 0 amide bonds. The second-order valence-electron chi connectivity index (χ2n) is 5.27. The molecule has 0 saturated heterocycles. The number of aromatic nitrogens is 2. The first-order valence-electron chi connectivity index (χ1n) is 6.79. The normalized spacial score (nSPS) is 11.5. The Balaban J connectivity index is 2.11. The highest BCUT2D eigenvalue weighted by Crippen LogP contribution is 2.34. The van der Waals surface area contributed by atoms with Gasteiger partial charge in [-0.25, -0.2) is 0 Å². The number of fused-ring (bicyclic) bond motifs is 2. The standard InChI is InChI=1S/C18H15N2/c1-12-10-15-13(7-5-8-17(15)19-12)16-11-20(2)18-9-4-3-6-14(16)18/h3-9,11,19H,1-2H3. The first-order valence-corrected chi connectivity index (χ1v) is 6.79. The number of nitrogens with zero attached hydrogens (tertiary/aromatic N) is 1. The predicted molar refractivity (Wildman–Crippen MR) is 83.8 cm³/mol. The van der Waals surface area contributed by atoms with Gasteiger partial charge in [-0.15, -0.1) is 0 Å². The van der Waals surface area contributed by atoms with Crippen LogP contribution >= 0.6 is 0 Å². The van der Waals surface area contributed by atoms with Crippen LogP contribution in [0.3, 0.4) is 0 Å². The number of aryl methyl sites for hydroxylation is 2. The van der Waals surface area contributed by atoms with Crippen molar-refractivity contribution in [1.29, 1.82) is 0 Å². The lowest BCUT2D eigenvalue weighted by Gasteiger charge is -2.01. The summed E-state index contributed by atoms with van der Waals surface area (Å²) in [5.74, 6) is 0. The fourth-order valence-corrected chi connectivity index (χ4v) is 2.99. The summed E-state index contributed by atoms with van der Waals surface area (Å²) in [4.78, 5) is 3.36. The molecule has 2 aromatic heterocycles. The zero-order valence-electron chi connectivity index (χ0n) is 11.6. The molecule has 1 radical (unpaired) electrons. The lowest BCUT2D eigenvalue weighted by molar-refractivity contribution is 0.970. The Morgan fingerprint density at radius 2 is 1.85 bits per heavy atom. The van der Waals surface area contributed by atoms with Crippen molar-refractivity contribution in [2.75, 3.05) is 0 Å². The zero-order chi connectivity index (χ0) is 13.7. The monoisotopic (exact) mass is 259 g/mol. The predicted octanol–water partition coefficient (Wildman–Crippen LogP) is 4.44. The van der Waals surface area contributed by atoms with Crippen LogP contribution in [0.1, 0.15) is 5.69 Å². The van der Waals surface area contributed by atoms with E-state index in [-0.39, 0.29) is 0 Å². The van der Waals surface area contributed by atoms with E-state index in [9.17, 15) is 0 Å². The second-order valence-corrected chi connectivity index (χ2v) is 5.27. The molecular weight excluding hydrogens is 244 g/mol. The quantitative estimate of drug-likeness (QED) is 0.522. The van der Waals surface area contributed by atoms with E-state index in [0.29, 0.717) is 0 Å². The van der Waals surface area contributed by atoms with Crippen LogP contribution in [-0.4, -0.2) is 9.55 Å². The third-order valence-corrected chi connectivity index (χ3v) is 3.89. The lowest BCUT2D eigenvalue weighted by Crippen LogP contribution is -1.81. The Morgan fingerprint density at radius 3 is 2.75 bits per heavy atom. The van der Waals surface area contributed by atoms with Crippen LogP contribution in [0.25, 0.3) is 32.9 Å². The number of hydrogen-bond acceptors (Lipinski definition) is 0. The van der Waals surface area contributed by atoms with Gasteiger partial charge in [-0.05, 0) is 24.6 Å². The van der Waals surface area contributed by atoms with E-state index < -0.39 is 0 Å². The van der Waals surface area contributed by atoms with Gasteiger partial charge in [-0.3, -0.25) is 0 Å². The van der Waals surface area contributed by atoms with Crippen LogP contribution in [0.2, 0.25) is 0 Å². The Kier molecular flexibility index (Phi) is 2.27. The van der Waals surface area contributed by atoms with Crippen molar-refractivity contribution >= 4 is 21.8 Å². The van der Waals surface area contributed by atoms with Gasteiger partial charge in [0.1, 0.15) is 0 Å². The number of H-pyrrole nitrogens is 1. The molecule has 4 aromatic rings. The van der Waals surface area contributed by atoms with E-state index in [1.54, 1.807) is 0 Å². The molecule has 0 unspecified atom stereocenters. The van der Waals surface area contributed by atoms with Gasteiger partial charge in [-0.1, -0.05) is 30.3 Å². The van der Waals surface area contributed by atoms with Crippen molar-refractivity contribution in [3.63, 3.8) is 0 Å². The Morgan fingerprint density at radius 1 is 1.00 bits per heavy atom. The molecule has 20 heavy (non-hydrogen) atoms. The van der Waals surface area contributed by atoms with Crippen molar-refractivity contribution in [2.24, 2.45) is 7.05 Å².